The van der Waals surface area contributed by atoms with Gasteiger partial charge in [0.15, 0.2) is 0 Å². The van der Waals surface area contributed by atoms with Crippen LogP contribution in [0.3, 0.4) is 0 Å². The van der Waals surface area contributed by atoms with Crippen LogP contribution in [0.1, 0.15) is 39.3 Å². The minimum atomic E-state index is -0.630. The molecule has 28 heavy (non-hydrogen) atoms. The van der Waals surface area contributed by atoms with Crippen molar-refractivity contribution in [1.29, 1.82) is 0 Å². The third-order valence-corrected chi connectivity index (χ3v) is 4.60. The first kappa shape index (κ1) is 22.2. The van der Waals surface area contributed by atoms with Gasteiger partial charge in [-0.05, 0) is 33.8 Å². The molecule has 0 spiro atoms. The molecule has 0 radical (unpaired) electrons. The van der Waals surface area contributed by atoms with Crippen molar-refractivity contribution in [3.63, 3.8) is 0 Å². The normalized spacial score (nSPS) is 16.7. The Kier molecular flexibility index (Phi) is 7.48. The summed E-state index contributed by atoms with van der Waals surface area (Å²) in [6.45, 7) is 10.3. The van der Waals surface area contributed by atoms with E-state index in [0.29, 0.717) is 38.3 Å². The Hall–Kier alpha value is -2.06. The van der Waals surface area contributed by atoms with Crippen LogP contribution >= 0.6 is 0 Å². The van der Waals surface area contributed by atoms with Crippen molar-refractivity contribution in [3.05, 3.63) is 35.4 Å². The van der Waals surface area contributed by atoms with E-state index in [4.69, 9.17) is 0 Å². The summed E-state index contributed by atoms with van der Waals surface area (Å²) in [6.07, 6.45) is 0. The fourth-order valence-electron chi connectivity index (χ4n) is 3.13. The van der Waals surface area contributed by atoms with Gasteiger partial charge in [-0.15, -0.1) is 0 Å². The Balaban J connectivity index is 1.75. The van der Waals surface area contributed by atoms with E-state index >= 15 is 0 Å². The summed E-state index contributed by atoms with van der Waals surface area (Å²) in [4.78, 5) is 28.2. The minimum Gasteiger partial charge on any atom is -0.350 e. The molecule has 2 N–H and O–H groups in total. The van der Waals surface area contributed by atoms with E-state index in [9.17, 15) is 18.4 Å². The summed E-state index contributed by atoms with van der Waals surface area (Å²) >= 11 is 0. The van der Waals surface area contributed by atoms with E-state index in [-0.39, 0.29) is 23.9 Å². The van der Waals surface area contributed by atoms with Gasteiger partial charge in [0.1, 0.15) is 11.6 Å². The van der Waals surface area contributed by atoms with Gasteiger partial charge in [-0.2, -0.15) is 0 Å². The van der Waals surface area contributed by atoms with Crippen LogP contribution in [0.2, 0.25) is 0 Å². The fraction of sp³-hybridized carbons (Fsp3) is 0.600. The van der Waals surface area contributed by atoms with Crippen molar-refractivity contribution in [3.8, 4) is 0 Å². The maximum absolute atomic E-state index is 13.8. The van der Waals surface area contributed by atoms with Crippen molar-refractivity contribution >= 4 is 11.8 Å². The molecule has 0 aromatic heterocycles. The average molecular weight is 396 g/mol. The van der Waals surface area contributed by atoms with Crippen molar-refractivity contribution in [2.24, 2.45) is 0 Å². The maximum atomic E-state index is 13.8. The fourth-order valence-corrected chi connectivity index (χ4v) is 3.13. The number of hydrogen-bond donors (Lipinski definition) is 2. The molecule has 1 heterocycles. The van der Waals surface area contributed by atoms with Gasteiger partial charge in [-0.3, -0.25) is 14.5 Å². The van der Waals surface area contributed by atoms with Gasteiger partial charge in [0, 0.05) is 49.4 Å². The van der Waals surface area contributed by atoms with Gasteiger partial charge in [0.05, 0.1) is 13.1 Å². The predicted molar refractivity (Wildman–Crippen MR) is 104 cm³/mol. The number of halogens is 2. The summed E-state index contributed by atoms with van der Waals surface area (Å²) in [5.74, 6) is -1.36. The zero-order valence-electron chi connectivity index (χ0n) is 17.0. The zero-order chi connectivity index (χ0) is 20.9. The number of piperazine rings is 1. The number of nitrogens with zero attached hydrogens (tertiary/aromatic N) is 2. The number of hydrogen-bond acceptors (Lipinski definition) is 4. The van der Waals surface area contributed by atoms with E-state index in [1.54, 1.807) is 11.8 Å². The van der Waals surface area contributed by atoms with Crippen LogP contribution in [0.4, 0.5) is 8.78 Å². The molecular formula is C20H30F2N4O2. The van der Waals surface area contributed by atoms with Crippen LogP contribution in [0.5, 0.6) is 0 Å². The van der Waals surface area contributed by atoms with E-state index in [1.807, 2.05) is 25.7 Å². The maximum Gasteiger partial charge on any atom is 0.236 e. The summed E-state index contributed by atoms with van der Waals surface area (Å²) in [6, 6.07) is 3.01. The number of benzene rings is 1. The monoisotopic (exact) mass is 396 g/mol. The van der Waals surface area contributed by atoms with Crippen molar-refractivity contribution in [2.45, 2.75) is 39.3 Å². The molecule has 0 aliphatic carbocycles. The Morgan fingerprint density at radius 3 is 2.36 bits per heavy atom. The standard InChI is InChI=1S/C20H30F2N4O2/c1-14(16-6-5-15(21)11-17(16)22)23-12-19(28)26-9-7-25(8-10-26)13-18(27)24-20(2,3)4/h5-6,11,14,23H,7-10,12-13H2,1-4H3,(H,24,27)/t14-/m1/s1. The Labute approximate surface area is 165 Å². The molecular weight excluding hydrogens is 366 g/mol. The Morgan fingerprint density at radius 2 is 1.79 bits per heavy atom. The molecule has 1 aromatic rings. The highest BCUT2D eigenvalue weighted by molar-refractivity contribution is 5.79. The zero-order valence-corrected chi connectivity index (χ0v) is 17.0. The topological polar surface area (TPSA) is 64.7 Å². The van der Waals surface area contributed by atoms with Crippen LogP contribution in [0.15, 0.2) is 18.2 Å². The largest absolute Gasteiger partial charge is 0.350 e. The van der Waals surface area contributed by atoms with Crippen LogP contribution < -0.4 is 10.6 Å². The van der Waals surface area contributed by atoms with Gasteiger partial charge in [-0.1, -0.05) is 6.07 Å². The number of carbonyl (C=O) groups excluding carboxylic acids is 2. The number of carbonyl (C=O) groups is 2. The van der Waals surface area contributed by atoms with E-state index in [1.165, 1.54) is 12.1 Å². The van der Waals surface area contributed by atoms with Gasteiger partial charge in [0.2, 0.25) is 11.8 Å². The molecule has 1 saturated heterocycles. The summed E-state index contributed by atoms with van der Waals surface area (Å²) in [5.41, 5.74) is 0.0604. The molecule has 1 atom stereocenters. The predicted octanol–water partition coefficient (Wildman–Crippen LogP) is 1.67. The molecule has 0 bridgehead atoms. The molecule has 2 amide bonds. The number of rotatable bonds is 6. The molecule has 0 saturated carbocycles. The highest BCUT2D eigenvalue weighted by atomic mass is 19.1. The molecule has 1 aromatic carbocycles. The molecule has 0 unspecified atom stereocenters. The second-order valence-corrected chi connectivity index (χ2v) is 8.22. The minimum absolute atomic E-state index is 0.0240. The van der Waals surface area contributed by atoms with Gasteiger partial charge in [-0.25, -0.2) is 8.78 Å². The van der Waals surface area contributed by atoms with Crippen LogP contribution in [-0.2, 0) is 9.59 Å². The quantitative estimate of drug-likeness (QED) is 0.768. The third kappa shape index (κ3) is 6.83. The molecule has 156 valence electrons. The smallest absolute Gasteiger partial charge is 0.236 e. The molecule has 6 nitrogen and oxygen atoms in total. The molecule has 1 fully saturated rings. The Bertz CT molecular complexity index is 698. The average Bonchev–Trinajstić information content (AvgIpc) is 2.58. The second kappa shape index (κ2) is 9.43. The van der Waals surface area contributed by atoms with E-state index in [2.05, 4.69) is 10.6 Å². The summed E-state index contributed by atoms with van der Waals surface area (Å²) in [5, 5.41) is 5.93. The highest BCUT2D eigenvalue weighted by Gasteiger charge is 2.24. The second-order valence-electron chi connectivity index (χ2n) is 8.22. The third-order valence-electron chi connectivity index (χ3n) is 4.60. The molecule has 1 aliphatic heterocycles. The van der Waals surface area contributed by atoms with Crippen LogP contribution in [0.25, 0.3) is 0 Å². The van der Waals surface area contributed by atoms with Crippen molar-refractivity contribution < 1.29 is 18.4 Å². The highest BCUT2D eigenvalue weighted by Crippen LogP contribution is 2.17. The molecule has 2 rings (SSSR count). The lowest BCUT2D eigenvalue weighted by Gasteiger charge is -2.35. The van der Waals surface area contributed by atoms with Gasteiger partial charge >= 0.3 is 0 Å². The number of amides is 2. The summed E-state index contributed by atoms with van der Waals surface area (Å²) < 4.78 is 26.8. The van der Waals surface area contributed by atoms with Crippen molar-refractivity contribution in [2.75, 3.05) is 39.3 Å². The lowest BCUT2D eigenvalue weighted by atomic mass is 10.1. The Morgan fingerprint density at radius 1 is 1.14 bits per heavy atom. The number of nitrogens with one attached hydrogen (secondary N) is 2. The molecule has 1 aliphatic rings. The van der Waals surface area contributed by atoms with Crippen LogP contribution in [-0.4, -0.2) is 66.4 Å². The lowest BCUT2D eigenvalue weighted by Crippen LogP contribution is -2.54. The van der Waals surface area contributed by atoms with E-state index < -0.39 is 17.7 Å². The lowest BCUT2D eigenvalue weighted by molar-refractivity contribution is -0.132. The van der Waals surface area contributed by atoms with E-state index in [0.717, 1.165) is 6.07 Å². The van der Waals surface area contributed by atoms with Crippen LogP contribution in [0, 0.1) is 11.6 Å². The SMILES string of the molecule is C[C@@H](NCC(=O)N1CCN(CC(=O)NC(C)(C)C)CC1)c1ccc(F)cc1F. The first-order valence-corrected chi connectivity index (χ1v) is 9.54. The summed E-state index contributed by atoms with van der Waals surface area (Å²) in [7, 11) is 0. The van der Waals surface area contributed by atoms with Crippen molar-refractivity contribution in [1.82, 2.24) is 20.4 Å². The van der Waals surface area contributed by atoms with Gasteiger partial charge in [0.25, 0.3) is 0 Å². The van der Waals surface area contributed by atoms with Gasteiger partial charge < -0.3 is 15.5 Å². The first-order valence-electron chi connectivity index (χ1n) is 9.54. The first-order chi connectivity index (χ1) is 13.0. The molecule has 8 heteroatoms.